The van der Waals surface area contributed by atoms with Gasteiger partial charge >= 0.3 is 0 Å². The molecule has 0 bridgehead atoms. The summed E-state index contributed by atoms with van der Waals surface area (Å²) in [6.07, 6.45) is 1.48. The average Bonchev–Trinajstić information content (AvgIpc) is 2.82. The van der Waals surface area contributed by atoms with Crippen molar-refractivity contribution in [3.05, 3.63) is 12.3 Å². The molecule has 0 unspecified atom stereocenters. The second-order valence-corrected chi connectivity index (χ2v) is 5.34. The molecule has 1 heterocycles. The molecular formula is C10H21ClN4O3S. The van der Waals surface area contributed by atoms with Crippen molar-refractivity contribution in [2.75, 3.05) is 33.4 Å². The molecule has 0 fully saturated rings. The lowest BCUT2D eigenvalue weighted by Crippen LogP contribution is -2.34. The minimum absolute atomic E-state index is 0. The molecule has 2 N–H and O–H groups in total. The SMILES string of the molecule is CCn1nccc1S(=O)(=O)NCCNCCOC.Cl. The number of aryl methyl sites for hydroxylation is 1. The third kappa shape index (κ3) is 5.87. The topological polar surface area (TPSA) is 85.2 Å². The highest BCUT2D eigenvalue weighted by Gasteiger charge is 2.17. The minimum Gasteiger partial charge on any atom is -0.383 e. The van der Waals surface area contributed by atoms with Crippen LogP contribution in [0.3, 0.4) is 0 Å². The Morgan fingerprint density at radius 3 is 2.74 bits per heavy atom. The van der Waals surface area contributed by atoms with Gasteiger partial charge in [-0.1, -0.05) is 0 Å². The molecule has 7 nitrogen and oxygen atoms in total. The fraction of sp³-hybridized carbons (Fsp3) is 0.700. The third-order valence-corrected chi connectivity index (χ3v) is 3.81. The summed E-state index contributed by atoms with van der Waals surface area (Å²) in [4.78, 5) is 0. The van der Waals surface area contributed by atoms with Crippen molar-refractivity contribution in [3.63, 3.8) is 0 Å². The number of methoxy groups -OCH3 is 1. The molecule has 1 aromatic rings. The number of aromatic nitrogens is 2. The largest absolute Gasteiger partial charge is 0.383 e. The lowest BCUT2D eigenvalue weighted by atomic mass is 10.6. The maximum Gasteiger partial charge on any atom is 0.257 e. The van der Waals surface area contributed by atoms with Crippen LogP contribution in [0.5, 0.6) is 0 Å². The minimum atomic E-state index is -3.47. The maximum atomic E-state index is 11.9. The van der Waals surface area contributed by atoms with Crippen LogP contribution in [0.1, 0.15) is 6.92 Å². The number of rotatable bonds is 9. The first-order valence-corrected chi connectivity index (χ1v) is 7.31. The molecule has 0 aromatic carbocycles. The lowest BCUT2D eigenvalue weighted by molar-refractivity contribution is 0.199. The van der Waals surface area contributed by atoms with E-state index in [-0.39, 0.29) is 17.4 Å². The van der Waals surface area contributed by atoms with Crippen LogP contribution in [0.2, 0.25) is 0 Å². The predicted molar refractivity (Wildman–Crippen MR) is 75.1 cm³/mol. The van der Waals surface area contributed by atoms with Crippen molar-refractivity contribution in [3.8, 4) is 0 Å². The van der Waals surface area contributed by atoms with Crippen molar-refractivity contribution in [1.29, 1.82) is 0 Å². The summed E-state index contributed by atoms with van der Waals surface area (Å²) >= 11 is 0. The molecule has 0 amide bonds. The van der Waals surface area contributed by atoms with Crippen LogP contribution in [0.25, 0.3) is 0 Å². The molecular weight excluding hydrogens is 292 g/mol. The first-order chi connectivity index (χ1) is 8.61. The molecule has 1 rings (SSSR count). The molecule has 0 saturated carbocycles. The number of hydrogen-bond donors (Lipinski definition) is 2. The van der Waals surface area contributed by atoms with E-state index in [2.05, 4.69) is 15.1 Å². The highest BCUT2D eigenvalue weighted by Crippen LogP contribution is 2.06. The number of ether oxygens (including phenoxy) is 1. The molecule has 0 aliphatic rings. The van der Waals surface area contributed by atoms with Crippen molar-refractivity contribution < 1.29 is 13.2 Å². The number of nitrogens with one attached hydrogen (secondary N) is 2. The number of hydrogen-bond acceptors (Lipinski definition) is 5. The van der Waals surface area contributed by atoms with E-state index in [1.807, 2.05) is 6.92 Å². The number of sulfonamides is 1. The monoisotopic (exact) mass is 312 g/mol. The van der Waals surface area contributed by atoms with Gasteiger partial charge in [0, 0.05) is 33.3 Å². The Hall–Kier alpha value is -0.670. The van der Waals surface area contributed by atoms with E-state index in [4.69, 9.17) is 4.74 Å². The molecule has 0 saturated heterocycles. The van der Waals surface area contributed by atoms with E-state index < -0.39 is 10.0 Å². The predicted octanol–water partition coefficient (Wildman–Crippen LogP) is -0.161. The Kier molecular flexibility index (Phi) is 8.94. The summed E-state index contributed by atoms with van der Waals surface area (Å²) in [5.74, 6) is 0. The van der Waals surface area contributed by atoms with Gasteiger partial charge in [-0.3, -0.25) is 4.68 Å². The molecule has 0 atom stereocenters. The Morgan fingerprint density at radius 2 is 2.11 bits per heavy atom. The van der Waals surface area contributed by atoms with Crippen LogP contribution in [0.4, 0.5) is 0 Å². The van der Waals surface area contributed by atoms with Gasteiger partial charge in [-0.25, -0.2) is 13.1 Å². The van der Waals surface area contributed by atoms with E-state index in [1.165, 1.54) is 16.9 Å². The first-order valence-electron chi connectivity index (χ1n) is 5.83. The Morgan fingerprint density at radius 1 is 1.37 bits per heavy atom. The number of halogens is 1. The molecule has 0 aliphatic carbocycles. The molecule has 0 aliphatic heterocycles. The van der Waals surface area contributed by atoms with Gasteiger partial charge in [0.15, 0.2) is 5.03 Å². The van der Waals surface area contributed by atoms with Crippen LogP contribution in [0.15, 0.2) is 17.3 Å². The maximum absolute atomic E-state index is 11.9. The summed E-state index contributed by atoms with van der Waals surface area (Å²) in [6, 6.07) is 1.49. The highest BCUT2D eigenvalue weighted by molar-refractivity contribution is 7.89. The second-order valence-electron chi connectivity index (χ2n) is 3.63. The average molecular weight is 313 g/mol. The lowest BCUT2D eigenvalue weighted by Gasteiger charge is -2.08. The zero-order chi connectivity index (χ0) is 13.4. The molecule has 9 heteroatoms. The Balaban J connectivity index is 0.00000324. The normalized spacial score (nSPS) is 11.3. The summed E-state index contributed by atoms with van der Waals surface area (Å²) in [5.41, 5.74) is 0. The van der Waals surface area contributed by atoms with Gasteiger partial charge in [-0.05, 0) is 13.0 Å². The third-order valence-electron chi connectivity index (χ3n) is 2.33. The van der Waals surface area contributed by atoms with Gasteiger partial charge in [0.1, 0.15) is 0 Å². The fourth-order valence-corrected chi connectivity index (χ4v) is 2.65. The van der Waals surface area contributed by atoms with Gasteiger partial charge in [0.05, 0.1) is 12.8 Å². The van der Waals surface area contributed by atoms with E-state index >= 15 is 0 Å². The van der Waals surface area contributed by atoms with Crippen molar-refractivity contribution in [1.82, 2.24) is 19.8 Å². The number of nitrogens with zero attached hydrogens (tertiary/aromatic N) is 2. The standard InChI is InChI=1S/C10H20N4O3S.ClH/c1-3-14-10(4-5-12-14)18(15,16)13-7-6-11-8-9-17-2;/h4-5,11,13H,3,6-9H2,1-2H3;1H. The van der Waals surface area contributed by atoms with Crippen LogP contribution in [-0.2, 0) is 21.3 Å². The highest BCUT2D eigenvalue weighted by atomic mass is 35.5. The van der Waals surface area contributed by atoms with Gasteiger partial charge in [0.25, 0.3) is 10.0 Å². The smallest absolute Gasteiger partial charge is 0.257 e. The first kappa shape index (κ1) is 18.3. The Bertz CT molecular complexity index is 449. The summed E-state index contributed by atoms with van der Waals surface area (Å²) in [7, 11) is -1.85. The van der Waals surface area contributed by atoms with Gasteiger partial charge in [0.2, 0.25) is 0 Å². The zero-order valence-electron chi connectivity index (χ0n) is 11.1. The van der Waals surface area contributed by atoms with E-state index in [0.717, 1.165) is 0 Å². The van der Waals surface area contributed by atoms with Crippen LogP contribution >= 0.6 is 12.4 Å². The second kappa shape index (κ2) is 9.27. The summed E-state index contributed by atoms with van der Waals surface area (Å²) in [6.45, 7) is 4.57. The fourth-order valence-electron chi connectivity index (χ4n) is 1.43. The van der Waals surface area contributed by atoms with Crippen LogP contribution in [-0.4, -0.2) is 51.5 Å². The zero-order valence-corrected chi connectivity index (χ0v) is 12.8. The summed E-state index contributed by atoms with van der Waals surface area (Å²) in [5, 5.41) is 7.19. The quantitative estimate of drug-likeness (QED) is 0.619. The van der Waals surface area contributed by atoms with E-state index in [9.17, 15) is 8.42 Å². The molecule has 112 valence electrons. The molecule has 1 aromatic heterocycles. The summed E-state index contributed by atoms with van der Waals surface area (Å²) < 4.78 is 32.7. The van der Waals surface area contributed by atoms with Crippen molar-refractivity contribution >= 4 is 22.4 Å². The van der Waals surface area contributed by atoms with E-state index in [1.54, 1.807) is 7.11 Å². The van der Waals surface area contributed by atoms with Crippen LogP contribution in [0, 0.1) is 0 Å². The molecule has 0 spiro atoms. The van der Waals surface area contributed by atoms with Gasteiger partial charge in [-0.15, -0.1) is 12.4 Å². The Labute approximate surface area is 120 Å². The van der Waals surface area contributed by atoms with Crippen molar-refractivity contribution in [2.45, 2.75) is 18.5 Å². The van der Waals surface area contributed by atoms with Crippen LogP contribution < -0.4 is 10.0 Å². The van der Waals surface area contributed by atoms with Gasteiger partial charge < -0.3 is 10.1 Å². The van der Waals surface area contributed by atoms with Crippen molar-refractivity contribution in [2.24, 2.45) is 0 Å². The van der Waals surface area contributed by atoms with Gasteiger partial charge in [-0.2, -0.15) is 5.10 Å². The molecule has 19 heavy (non-hydrogen) atoms. The molecule has 0 radical (unpaired) electrons. The van der Waals surface area contributed by atoms with E-state index in [0.29, 0.717) is 32.8 Å².